The molecule has 0 radical (unpaired) electrons. The van der Waals surface area contributed by atoms with Crippen LogP contribution in [-0.2, 0) is 6.54 Å². The van der Waals surface area contributed by atoms with Crippen LogP contribution in [0.5, 0.6) is 5.75 Å². The number of nitrogens with one attached hydrogen (secondary N) is 1. The Labute approximate surface area is 240 Å². The van der Waals surface area contributed by atoms with E-state index in [9.17, 15) is 4.79 Å². The highest BCUT2D eigenvalue weighted by atomic mass is 35.5. The highest BCUT2D eigenvalue weighted by Crippen LogP contribution is 2.31. The van der Waals surface area contributed by atoms with E-state index in [2.05, 4.69) is 29.4 Å². The van der Waals surface area contributed by atoms with Crippen molar-refractivity contribution in [1.82, 2.24) is 24.6 Å². The Bertz CT molecular complexity index is 1470. The third-order valence-corrected chi connectivity index (χ3v) is 7.80. The molecule has 1 saturated carbocycles. The number of hydrogen-bond acceptors (Lipinski definition) is 5. The van der Waals surface area contributed by atoms with Gasteiger partial charge in [0, 0.05) is 41.8 Å². The lowest BCUT2D eigenvalue weighted by Gasteiger charge is -2.30. The van der Waals surface area contributed by atoms with Gasteiger partial charge in [0.25, 0.3) is 0 Å². The largest absolute Gasteiger partial charge is 0.495 e. The molecule has 0 bridgehead atoms. The van der Waals surface area contributed by atoms with Crippen LogP contribution < -0.4 is 10.1 Å². The number of amides is 2. The van der Waals surface area contributed by atoms with Crippen LogP contribution in [0.1, 0.15) is 42.4 Å². The molecule has 2 amide bonds. The van der Waals surface area contributed by atoms with Crippen molar-refractivity contribution in [2.24, 2.45) is 0 Å². The van der Waals surface area contributed by atoms with Gasteiger partial charge in [-0.15, -0.1) is 0 Å². The van der Waals surface area contributed by atoms with Crippen LogP contribution in [0, 0.1) is 20.8 Å². The van der Waals surface area contributed by atoms with E-state index in [0.29, 0.717) is 35.5 Å². The number of ether oxygens (including phenoxy) is 1. The maximum atomic E-state index is 13.7. The molecular formula is C31H35ClN6O2. The molecule has 2 heterocycles. The van der Waals surface area contributed by atoms with Gasteiger partial charge >= 0.3 is 6.03 Å². The normalized spacial score (nSPS) is 13.4. The van der Waals surface area contributed by atoms with Gasteiger partial charge in [-0.25, -0.2) is 14.5 Å². The number of pyridine rings is 1. The highest BCUT2D eigenvalue weighted by Gasteiger charge is 2.28. The number of rotatable bonds is 8. The number of hydrogen-bond donors (Lipinski definition) is 1. The van der Waals surface area contributed by atoms with Crippen molar-refractivity contribution in [3.8, 4) is 28.5 Å². The molecule has 0 aliphatic heterocycles. The predicted octanol–water partition coefficient (Wildman–Crippen LogP) is 7.07. The van der Waals surface area contributed by atoms with Gasteiger partial charge in [-0.2, -0.15) is 5.10 Å². The molecule has 0 saturated heterocycles. The second-order valence-electron chi connectivity index (χ2n) is 10.4. The lowest BCUT2D eigenvalue weighted by Crippen LogP contribution is -2.43. The fourth-order valence-electron chi connectivity index (χ4n) is 5.56. The van der Waals surface area contributed by atoms with E-state index in [-0.39, 0.29) is 12.1 Å². The summed E-state index contributed by atoms with van der Waals surface area (Å²) in [4.78, 5) is 24.7. The molecule has 2 aromatic heterocycles. The van der Waals surface area contributed by atoms with Crippen molar-refractivity contribution in [3.63, 3.8) is 0 Å². The lowest BCUT2D eigenvalue weighted by molar-refractivity contribution is 0.184. The molecule has 40 heavy (non-hydrogen) atoms. The SMILES string of the molecule is COc1ccc(-c2nc(-c3ccncc3)nn2CCN(C(=O)Nc2c(C)cc(C)cc2C)C2CCCC2)cc1Cl. The molecule has 4 aromatic rings. The highest BCUT2D eigenvalue weighted by molar-refractivity contribution is 6.32. The van der Waals surface area contributed by atoms with Crippen molar-refractivity contribution in [2.75, 3.05) is 19.0 Å². The van der Waals surface area contributed by atoms with Gasteiger partial charge in [-0.1, -0.05) is 42.1 Å². The van der Waals surface area contributed by atoms with E-state index in [0.717, 1.165) is 53.6 Å². The fraction of sp³-hybridized carbons (Fsp3) is 0.355. The number of aryl methyl sites for hydroxylation is 3. The van der Waals surface area contributed by atoms with Crippen LogP contribution in [0.2, 0.25) is 5.02 Å². The van der Waals surface area contributed by atoms with Crippen molar-refractivity contribution in [2.45, 2.75) is 59.0 Å². The average Bonchev–Trinajstić information content (AvgIpc) is 3.62. The second kappa shape index (κ2) is 12.1. The Kier molecular flexibility index (Phi) is 8.35. The molecule has 0 atom stereocenters. The van der Waals surface area contributed by atoms with E-state index in [1.54, 1.807) is 19.5 Å². The van der Waals surface area contributed by atoms with E-state index >= 15 is 0 Å². The summed E-state index contributed by atoms with van der Waals surface area (Å²) in [6, 6.07) is 13.7. The number of benzene rings is 2. The Morgan fingerprint density at radius 1 is 1.05 bits per heavy atom. The van der Waals surface area contributed by atoms with E-state index < -0.39 is 0 Å². The van der Waals surface area contributed by atoms with E-state index in [1.807, 2.05) is 53.8 Å². The molecule has 1 fully saturated rings. The zero-order valence-electron chi connectivity index (χ0n) is 23.4. The molecule has 1 aliphatic carbocycles. The van der Waals surface area contributed by atoms with Crippen LogP contribution in [0.3, 0.4) is 0 Å². The van der Waals surface area contributed by atoms with Gasteiger partial charge in [0.15, 0.2) is 11.6 Å². The maximum absolute atomic E-state index is 13.7. The predicted molar refractivity (Wildman–Crippen MR) is 159 cm³/mol. The molecule has 0 unspecified atom stereocenters. The van der Waals surface area contributed by atoms with Gasteiger partial charge < -0.3 is 15.0 Å². The zero-order valence-corrected chi connectivity index (χ0v) is 24.2. The molecule has 208 valence electrons. The molecule has 9 heteroatoms. The van der Waals surface area contributed by atoms with Gasteiger partial charge in [-0.3, -0.25) is 4.98 Å². The molecule has 1 aliphatic rings. The standard InChI is InChI=1S/C31H35ClN6O2/c1-20-17-21(2)28(22(3)18-20)34-31(39)37(25-7-5-6-8-25)15-16-38-30(24-9-10-27(40-4)26(32)19-24)35-29(36-38)23-11-13-33-14-12-23/h9-14,17-19,25H,5-8,15-16H2,1-4H3,(H,34,39). The number of halogens is 1. The molecular weight excluding hydrogens is 524 g/mol. The van der Waals surface area contributed by atoms with Gasteiger partial charge in [0.05, 0.1) is 18.7 Å². The summed E-state index contributed by atoms with van der Waals surface area (Å²) < 4.78 is 7.21. The second-order valence-corrected chi connectivity index (χ2v) is 10.8. The van der Waals surface area contributed by atoms with Crippen molar-refractivity contribution in [3.05, 3.63) is 76.6 Å². The first kappa shape index (κ1) is 27.6. The number of nitrogens with zero attached hydrogens (tertiary/aromatic N) is 5. The minimum absolute atomic E-state index is 0.0783. The number of methoxy groups -OCH3 is 1. The summed E-state index contributed by atoms with van der Waals surface area (Å²) in [5.74, 6) is 1.86. The first-order valence-corrected chi connectivity index (χ1v) is 14.1. The minimum atomic E-state index is -0.0783. The summed E-state index contributed by atoms with van der Waals surface area (Å²) in [7, 11) is 1.59. The van der Waals surface area contributed by atoms with Crippen LogP contribution in [0.4, 0.5) is 10.5 Å². The van der Waals surface area contributed by atoms with Crippen molar-refractivity contribution >= 4 is 23.3 Å². The van der Waals surface area contributed by atoms with Crippen molar-refractivity contribution in [1.29, 1.82) is 0 Å². The Balaban J connectivity index is 1.45. The molecule has 5 rings (SSSR count). The maximum Gasteiger partial charge on any atom is 0.322 e. The Morgan fingerprint density at radius 2 is 1.75 bits per heavy atom. The Hall–Kier alpha value is -3.91. The summed E-state index contributed by atoms with van der Waals surface area (Å²) >= 11 is 6.47. The first-order valence-electron chi connectivity index (χ1n) is 13.7. The monoisotopic (exact) mass is 558 g/mol. The average molecular weight is 559 g/mol. The van der Waals surface area contributed by atoms with Crippen LogP contribution >= 0.6 is 11.6 Å². The fourth-order valence-corrected chi connectivity index (χ4v) is 5.82. The smallest absolute Gasteiger partial charge is 0.322 e. The summed E-state index contributed by atoms with van der Waals surface area (Å²) in [6.45, 7) is 7.13. The molecule has 0 spiro atoms. The first-order chi connectivity index (χ1) is 19.3. The number of carbonyl (C=O) groups is 1. The minimum Gasteiger partial charge on any atom is -0.495 e. The van der Waals surface area contributed by atoms with E-state index in [1.165, 1.54) is 5.56 Å². The van der Waals surface area contributed by atoms with Crippen LogP contribution in [0.25, 0.3) is 22.8 Å². The van der Waals surface area contributed by atoms with Gasteiger partial charge in [0.2, 0.25) is 0 Å². The summed E-state index contributed by atoms with van der Waals surface area (Å²) in [5, 5.41) is 8.57. The molecule has 8 nitrogen and oxygen atoms in total. The third-order valence-electron chi connectivity index (χ3n) is 7.51. The molecule has 1 N–H and O–H groups in total. The zero-order chi connectivity index (χ0) is 28.2. The Morgan fingerprint density at radius 3 is 2.40 bits per heavy atom. The van der Waals surface area contributed by atoms with Crippen LogP contribution in [-0.4, -0.2) is 50.4 Å². The lowest BCUT2D eigenvalue weighted by atomic mass is 10.1. The van der Waals surface area contributed by atoms with Crippen molar-refractivity contribution < 1.29 is 9.53 Å². The van der Waals surface area contributed by atoms with Gasteiger partial charge in [-0.05, 0) is 75.1 Å². The molecule has 2 aromatic carbocycles. The third kappa shape index (κ3) is 5.97. The van der Waals surface area contributed by atoms with Gasteiger partial charge in [0.1, 0.15) is 5.75 Å². The number of urea groups is 1. The summed E-state index contributed by atoms with van der Waals surface area (Å²) in [5.41, 5.74) is 5.88. The van der Waals surface area contributed by atoms with Crippen LogP contribution in [0.15, 0.2) is 54.9 Å². The number of carbonyl (C=O) groups excluding carboxylic acids is 1. The van der Waals surface area contributed by atoms with E-state index in [4.69, 9.17) is 26.4 Å². The topological polar surface area (TPSA) is 85.2 Å². The quantitative estimate of drug-likeness (QED) is 0.250. The summed E-state index contributed by atoms with van der Waals surface area (Å²) in [6.07, 6.45) is 7.70. The number of anilines is 1. The number of aromatic nitrogens is 4.